The van der Waals surface area contributed by atoms with E-state index in [4.69, 9.17) is 11.5 Å². The second kappa shape index (κ2) is 21.8. The molecule has 2 fully saturated rings. The quantitative estimate of drug-likeness (QED) is 0.0659. The summed E-state index contributed by atoms with van der Waals surface area (Å²) < 4.78 is 0. The van der Waals surface area contributed by atoms with Gasteiger partial charge in [0.25, 0.3) is 0 Å². The fraction of sp³-hybridized carbons (Fsp3) is 0.429. The van der Waals surface area contributed by atoms with Crippen molar-refractivity contribution in [2.75, 3.05) is 19.6 Å². The fourth-order valence-electron chi connectivity index (χ4n) is 9.45. The molecule has 7 rings (SSSR count). The molecule has 348 valence electrons. The summed E-state index contributed by atoms with van der Waals surface area (Å²) in [5, 5.41) is 12.5. The van der Waals surface area contributed by atoms with Crippen molar-refractivity contribution < 1.29 is 33.6 Å². The molecule has 3 aromatic carbocycles. The summed E-state index contributed by atoms with van der Waals surface area (Å²) in [6.07, 6.45) is 3.88. The topological polar surface area (TPSA) is 254 Å². The van der Waals surface area contributed by atoms with Crippen molar-refractivity contribution in [3.63, 3.8) is 0 Å². The highest BCUT2D eigenvalue weighted by Gasteiger charge is 2.44. The Hall–Kier alpha value is -7.04. The first-order valence-corrected chi connectivity index (χ1v) is 22.9. The van der Waals surface area contributed by atoms with Gasteiger partial charge in [0, 0.05) is 81.8 Å². The molecule has 0 spiro atoms. The lowest BCUT2D eigenvalue weighted by molar-refractivity contribution is -0.150. The largest absolute Gasteiger partial charge is 0.370 e. The van der Waals surface area contributed by atoms with Crippen LogP contribution in [0.3, 0.4) is 0 Å². The highest BCUT2D eigenvalue weighted by atomic mass is 16.2. The molecule has 17 nitrogen and oxygen atoms in total. The summed E-state index contributed by atoms with van der Waals surface area (Å²) in [5.41, 5.74) is 15.3. The molecule has 0 unspecified atom stereocenters. The van der Waals surface area contributed by atoms with E-state index in [1.165, 1.54) is 16.7 Å². The Morgan fingerprint density at radius 2 is 1.58 bits per heavy atom. The lowest BCUT2D eigenvalue weighted by Crippen LogP contribution is -2.60. The SMILES string of the molecule is CC(=O)N[C@@H](Cc1ccccc1)C(=O)N[C@H]1CCCNC(=O)[C@H](CCCN=C(N)N)CC(=O)[C@H](Cc2c[nH]c3ccccc23)NC(=O)[C@H]2Cc3ccccc3CN2C(=O)[C@@H]2CCCN2C1=O. The van der Waals surface area contributed by atoms with Crippen molar-refractivity contribution in [3.8, 4) is 0 Å². The first-order valence-electron chi connectivity index (χ1n) is 22.9. The van der Waals surface area contributed by atoms with E-state index in [1.54, 1.807) is 0 Å². The molecular weight excluding hydrogens is 841 g/mol. The summed E-state index contributed by atoms with van der Waals surface area (Å²) in [7, 11) is 0. The zero-order chi connectivity index (χ0) is 46.7. The van der Waals surface area contributed by atoms with Crippen LogP contribution in [-0.4, -0.2) is 112 Å². The molecule has 6 atom stereocenters. The van der Waals surface area contributed by atoms with E-state index < -0.39 is 71.6 Å². The number of hydrogen-bond donors (Lipinski definition) is 7. The van der Waals surface area contributed by atoms with Gasteiger partial charge < -0.3 is 47.5 Å². The number of rotatable bonds is 11. The number of nitrogens with one attached hydrogen (secondary N) is 5. The van der Waals surface area contributed by atoms with Crippen LogP contribution in [0.15, 0.2) is 90.1 Å². The van der Waals surface area contributed by atoms with Gasteiger partial charge in [-0.25, -0.2) is 0 Å². The molecule has 17 heteroatoms. The summed E-state index contributed by atoms with van der Waals surface area (Å²) in [6.45, 7) is 1.98. The van der Waals surface area contributed by atoms with Crippen molar-refractivity contribution >= 4 is 58.1 Å². The predicted octanol–water partition coefficient (Wildman–Crippen LogP) is 1.91. The molecule has 3 aliphatic rings. The van der Waals surface area contributed by atoms with Crippen molar-refractivity contribution in [3.05, 3.63) is 107 Å². The smallest absolute Gasteiger partial charge is 0.246 e. The molecule has 0 saturated carbocycles. The van der Waals surface area contributed by atoms with Crippen LogP contribution in [0.4, 0.5) is 0 Å². The zero-order valence-corrected chi connectivity index (χ0v) is 37.3. The van der Waals surface area contributed by atoms with E-state index in [0.29, 0.717) is 19.3 Å². The summed E-state index contributed by atoms with van der Waals surface area (Å²) in [4.78, 5) is 110. The van der Waals surface area contributed by atoms with E-state index >= 15 is 0 Å². The average Bonchev–Trinajstić information content (AvgIpc) is 3.97. The molecule has 4 heterocycles. The van der Waals surface area contributed by atoms with E-state index in [0.717, 1.165) is 33.2 Å². The minimum absolute atomic E-state index is 0.0866. The van der Waals surface area contributed by atoms with E-state index in [9.17, 15) is 33.6 Å². The predicted molar refractivity (Wildman–Crippen MR) is 248 cm³/mol. The number of nitrogens with zero attached hydrogens (tertiary/aromatic N) is 3. The van der Waals surface area contributed by atoms with Crippen LogP contribution in [0.2, 0.25) is 0 Å². The average molecular weight is 901 g/mol. The highest BCUT2D eigenvalue weighted by Crippen LogP contribution is 2.29. The molecule has 0 bridgehead atoms. The minimum Gasteiger partial charge on any atom is -0.370 e. The van der Waals surface area contributed by atoms with Gasteiger partial charge in [-0.3, -0.25) is 38.6 Å². The number of guanidine groups is 1. The van der Waals surface area contributed by atoms with Crippen LogP contribution in [0.1, 0.15) is 74.1 Å². The molecule has 0 radical (unpaired) electrons. The number of H-pyrrole nitrogens is 1. The molecule has 2 saturated heterocycles. The molecule has 3 aliphatic heterocycles. The van der Waals surface area contributed by atoms with Crippen LogP contribution < -0.4 is 32.7 Å². The lowest BCUT2D eigenvalue weighted by atomic mass is 9.89. The van der Waals surface area contributed by atoms with Crippen molar-refractivity contribution in [1.82, 2.24) is 36.1 Å². The third-order valence-electron chi connectivity index (χ3n) is 12.8. The number of aromatic nitrogens is 1. The van der Waals surface area contributed by atoms with Gasteiger partial charge in [0.2, 0.25) is 35.4 Å². The number of benzene rings is 3. The number of carbonyl (C=O) groups is 7. The fourth-order valence-corrected chi connectivity index (χ4v) is 9.45. The number of fused-ring (bicyclic) bond motifs is 4. The Labute approximate surface area is 383 Å². The van der Waals surface area contributed by atoms with Gasteiger partial charge in [-0.15, -0.1) is 0 Å². The van der Waals surface area contributed by atoms with Crippen LogP contribution >= 0.6 is 0 Å². The Kier molecular flexibility index (Phi) is 15.5. The molecular formula is C49H60N10O7. The molecule has 66 heavy (non-hydrogen) atoms. The molecule has 1 aromatic heterocycles. The summed E-state index contributed by atoms with van der Waals surface area (Å²) in [6, 6.07) is 19.2. The van der Waals surface area contributed by atoms with Gasteiger partial charge in [-0.1, -0.05) is 72.8 Å². The summed E-state index contributed by atoms with van der Waals surface area (Å²) >= 11 is 0. The number of aliphatic imine (C=N–C) groups is 1. The Morgan fingerprint density at radius 1 is 0.833 bits per heavy atom. The first-order chi connectivity index (χ1) is 31.9. The zero-order valence-electron chi connectivity index (χ0n) is 37.3. The summed E-state index contributed by atoms with van der Waals surface area (Å²) in [5.74, 6) is -4.10. The first kappa shape index (κ1) is 46.9. The van der Waals surface area contributed by atoms with E-state index in [2.05, 4.69) is 31.2 Å². The van der Waals surface area contributed by atoms with Gasteiger partial charge in [0.1, 0.15) is 24.2 Å². The normalized spacial score (nSPS) is 22.4. The van der Waals surface area contributed by atoms with Gasteiger partial charge >= 0.3 is 0 Å². The third kappa shape index (κ3) is 11.6. The molecule has 9 N–H and O–H groups in total. The molecule has 0 aliphatic carbocycles. The standard InChI is InChI=1S/C49H60N10O7/c1-30(60)55-40(24-31-12-3-2-4-13-31)45(63)56-38-19-10-21-52-44(62)33(16-9-22-53-49(50)51)27-43(61)39(25-35-28-54-37-18-8-7-17-36(35)37)57-46(64)42-26-32-14-5-6-15-34(32)29-59(42)48(66)41-20-11-23-58(41)47(38)65/h2-8,12-15,17-18,28,33,38-42,54H,9-11,16,19-27,29H2,1H3,(H,52,62)(H,55,60)(H,56,63)(H,57,64)(H4,50,51,53)/t33-,38+,39+,40+,41+,42-/m1/s1. The lowest BCUT2D eigenvalue weighted by Gasteiger charge is -2.40. The molecule has 6 amide bonds. The van der Waals surface area contributed by atoms with Gasteiger partial charge in [0.15, 0.2) is 11.7 Å². The number of para-hydroxylation sites is 1. The monoisotopic (exact) mass is 900 g/mol. The van der Waals surface area contributed by atoms with Crippen molar-refractivity contribution in [1.29, 1.82) is 0 Å². The number of carbonyl (C=O) groups excluding carboxylic acids is 7. The third-order valence-corrected chi connectivity index (χ3v) is 12.8. The molecule has 4 aromatic rings. The van der Waals surface area contributed by atoms with Gasteiger partial charge in [0.05, 0.1) is 6.04 Å². The Balaban J connectivity index is 1.23. The maximum atomic E-state index is 15.0. The maximum absolute atomic E-state index is 15.0. The number of amides is 6. The van der Waals surface area contributed by atoms with Crippen molar-refractivity contribution in [2.24, 2.45) is 22.4 Å². The van der Waals surface area contributed by atoms with Gasteiger partial charge in [-0.05, 0) is 66.8 Å². The second-order valence-electron chi connectivity index (χ2n) is 17.5. The van der Waals surface area contributed by atoms with Crippen LogP contribution in [0.5, 0.6) is 0 Å². The Bertz CT molecular complexity index is 2450. The van der Waals surface area contributed by atoms with Crippen LogP contribution in [0.25, 0.3) is 10.9 Å². The maximum Gasteiger partial charge on any atom is 0.246 e. The number of hydrogen-bond acceptors (Lipinski definition) is 8. The van der Waals surface area contributed by atoms with E-state index in [1.807, 2.05) is 85.1 Å². The number of aromatic amines is 1. The highest BCUT2D eigenvalue weighted by molar-refractivity contribution is 5.98. The van der Waals surface area contributed by atoms with Crippen molar-refractivity contribution in [2.45, 2.75) is 108 Å². The number of nitrogens with two attached hydrogens (primary N) is 2. The van der Waals surface area contributed by atoms with Gasteiger partial charge in [-0.2, -0.15) is 0 Å². The minimum atomic E-state index is -1.13. The number of Topliss-reactive ketones (excluding diaryl/α,β-unsaturated/α-hetero) is 1. The van der Waals surface area contributed by atoms with Crippen LogP contribution in [0, 0.1) is 5.92 Å². The second-order valence-corrected chi connectivity index (χ2v) is 17.5. The Morgan fingerprint density at radius 3 is 2.35 bits per heavy atom. The van der Waals surface area contributed by atoms with Crippen LogP contribution in [-0.2, 0) is 59.4 Å². The number of ketones is 1. The van der Waals surface area contributed by atoms with E-state index in [-0.39, 0.29) is 82.9 Å².